The molecule has 0 aromatic heterocycles. The molecule has 1 aromatic rings. The zero-order chi connectivity index (χ0) is 14.8. The molecule has 1 aliphatic heterocycles. The van der Waals surface area contributed by atoms with Crippen molar-refractivity contribution in [1.82, 2.24) is 9.62 Å². The Hall–Kier alpha value is -0.430. The molecule has 1 fully saturated rings. The van der Waals surface area contributed by atoms with Crippen molar-refractivity contribution < 1.29 is 8.42 Å². The Morgan fingerprint density at radius 1 is 1.45 bits per heavy atom. The van der Waals surface area contributed by atoms with E-state index in [2.05, 4.69) is 28.2 Å². The van der Waals surface area contributed by atoms with E-state index in [-0.39, 0.29) is 0 Å². The number of benzene rings is 1. The van der Waals surface area contributed by atoms with E-state index in [1.54, 1.807) is 10.4 Å². The van der Waals surface area contributed by atoms with Gasteiger partial charge in [0.25, 0.3) is 0 Å². The fraction of sp³-hybridized carbons (Fsp3) is 0.571. The van der Waals surface area contributed by atoms with Gasteiger partial charge in [-0.2, -0.15) is 4.31 Å². The molecule has 0 spiro atoms. The van der Waals surface area contributed by atoms with Gasteiger partial charge in [0.05, 0.1) is 4.90 Å². The maximum absolute atomic E-state index is 12.6. The lowest BCUT2D eigenvalue weighted by Gasteiger charge is -2.17. The summed E-state index contributed by atoms with van der Waals surface area (Å²) in [6, 6.07) is 5.46. The first kappa shape index (κ1) is 15.9. The first-order valence-electron chi connectivity index (χ1n) is 6.94. The zero-order valence-corrected chi connectivity index (χ0v) is 14.3. The molecule has 1 heterocycles. The molecule has 6 heteroatoms. The van der Waals surface area contributed by atoms with Gasteiger partial charge in [0.1, 0.15) is 0 Å². The molecule has 0 bridgehead atoms. The molecule has 0 saturated carbocycles. The first-order chi connectivity index (χ1) is 9.45. The Bertz CT molecular complexity index is 575. The van der Waals surface area contributed by atoms with E-state index in [0.717, 1.165) is 25.1 Å². The largest absolute Gasteiger partial charge is 0.313 e. The minimum Gasteiger partial charge on any atom is -0.313 e. The molecule has 1 N–H and O–H groups in total. The van der Waals surface area contributed by atoms with Crippen LogP contribution in [0.3, 0.4) is 0 Å². The van der Waals surface area contributed by atoms with E-state index in [9.17, 15) is 8.42 Å². The third-order valence-electron chi connectivity index (χ3n) is 3.58. The molecule has 1 aliphatic rings. The summed E-state index contributed by atoms with van der Waals surface area (Å²) in [6.07, 6.45) is 0.940. The van der Waals surface area contributed by atoms with Crippen LogP contribution in [0.1, 0.15) is 25.8 Å². The van der Waals surface area contributed by atoms with Crippen LogP contribution in [0.5, 0.6) is 0 Å². The van der Waals surface area contributed by atoms with Crippen LogP contribution in [0.2, 0.25) is 0 Å². The highest BCUT2D eigenvalue weighted by Gasteiger charge is 2.31. The summed E-state index contributed by atoms with van der Waals surface area (Å²) in [7, 11) is -3.37. The fourth-order valence-electron chi connectivity index (χ4n) is 2.38. The van der Waals surface area contributed by atoms with Gasteiger partial charge in [-0.05, 0) is 52.5 Å². The Labute approximate surface area is 129 Å². The summed E-state index contributed by atoms with van der Waals surface area (Å²) < 4.78 is 27.4. The quantitative estimate of drug-likeness (QED) is 0.877. The summed E-state index contributed by atoms with van der Waals surface area (Å²) in [5, 5.41) is 3.23. The molecular weight excluding hydrogens is 340 g/mol. The molecule has 4 nitrogen and oxygen atoms in total. The van der Waals surface area contributed by atoms with E-state index in [1.165, 1.54) is 0 Å². The van der Waals surface area contributed by atoms with Gasteiger partial charge in [-0.15, -0.1) is 0 Å². The number of nitrogens with one attached hydrogen (secondary N) is 1. The van der Waals surface area contributed by atoms with Crippen molar-refractivity contribution in [2.24, 2.45) is 5.92 Å². The number of hydrogen-bond donors (Lipinski definition) is 1. The van der Waals surface area contributed by atoms with Gasteiger partial charge in [-0.25, -0.2) is 8.42 Å². The van der Waals surface area contributed by atoms with Crippen LogP contribution in [-0.2, 0) is 16.6 Å². The van der Waals surface area contributed by atoms with Crippen LogP contribution < -0.4 is 5.32 Å². The highest BCUT2D eigenvalue weighted by molar-refractivity contribution is 9.10. The molecule has 1 aromatic carbocycles. The molecule has 0 amide bonds. The van der Waals surface area contributed by atoms with Crippen molar-refractivity contribution in [3.63, 3.8) is 0 Å². The summed E-state index contributed by atoms with van der Waals surface area (Å²) in [4.78, 5) is 0.367. The second-order valence-electron chi connectivity index (χ2n) is 5.30. The monoisotopic (exact) mass is 360 g/mol. The normalized spacial score (nSPS) is 20.4. The fourth-order valence-corrected chi connectivity index (χ4v) is 5.04. The van der Waals surface area contributed by atoms with Crippen molar-refractivity contribution in [2.75, 3.05) is 19.6 Å². The first-order valence-corrected chi connectivity index (χ1v) is 9.17. The lowest BCUT2D eigenvalue weighted by molar-refractivity contribution is 0.464. The number of rotatable bonds is 5. The second-order valence-corrected chi connectivity index (χ2v) is 8.06. The smallest absolute Gasteiger partial charge is 0.244 e. The average molecular weight is 361 g/mol. The lowest BCUT2D eigenvalue weighted by atomic mass is 10.2. The van der Waals surface area contributed by atoms with Gasteiger partial charge in [0.15, 0.2) is 0 Å². The van der Waals surface area contributed by atoms with Crippen LogP contribution >= 0.6 is 15.9 Å². The minimum absolute atomic E-state index is 0.367. The van der Waals surface area contributed by atoms with E-state index in [0.29, 0.717) is 28.4 Å². The van der Waals surface area contributed by atoms with Crippen LogP contribution in [0.25, 0.3) is 0 Å². The summed E-state index contributed by atoms with van der Waals surface area (Å²) in [5.74, 6) is 0.441. The second kappa shape index (κ2) is 6.56. The predicted molar refractivity (Wildman–Crippen MR) is 84.1 cm³/mol. The van der Waals surface area contributed by atoms with Crippen molar-refractivity contribution >= 4 is 26.0 Å². The predicted octanol–water partition coefficient (Wildman–Crippen LogP) is 2.59. The molecule has 0 aliphatic carbocycles. The topological polar surface area (TPSA) is 49.4 Å². The van der Waals surface area contributed by atoms with E-state index in [1.807, 2.05) is 19.1 Å². The Balaban J connectivity index is 2.24. The molecule has 0 radical (unpaired) electrons. The SMILES string of the molecule is CCNCc1ccc(S(=O)(=O)N2CCC(C)C2)c(Br)c1. The zero-order valence-electron chi connectivity index (χ0n) is 11.9. The summed E-state index contributed by atoms with van der Waals surface area (Å²) in [5.41, 5.74) is 1.08. The number of sulfonamides is 1. The third kappa shape index (κ3) is 3.42. The van der Waals surface area contributed by atoms with Crippen LogP contribution in [0, 0.1) is 5.92 Å². The standard InChI is InChI=1S/C14H21BrN2O2S/c1-3-16-9-12-4-5-14(13(15)8-12)20(18,19)17-7-6-11(2)10-17/h4-5,8,11,16H,3,6-7,9-10H2,1-2H3. The molecule has 2 rings (SSSR count). The van der Waals surface area contributed by atoms with Gasteiger partial charge >= 0.3 is 0 Å². The Kier molecular flexibility index (Phi) is 5.23. The molecule has 112 valence electrons. The maximum atomic E-state index is 12.6. The average Bonchev–Trinajstić information content (AvgIpc) is 2.83. The van der Waals surface area contributed by atoms with E-state index >= 15 is 0 Å². The molecule has 20 heavy (non-hydrogen) atoms. The highest BCUT2D eigenvalue weighted by atomic mass is 79.9. The van der Waals surface area contributed by atoms with Gasteiger partial charge in [-0.3, -0.25) is 0 Å². The van der Waals surface area contributed by atoms with Crippen LogP contribution in [0.4, 0.5) is 0 Å². The van der Waals surface area contributed by atoms with Gasteiger partial charge < -0.3 is 5.32 Å². The molecule has 1 atom stereocenters. The lowest BCUT2D eigenvalue weighted by Crippen LogP contribution is -2.29. The van der Waals surface area contributed by atoms with Gasteiger partial charge in [-0.1, -0.05) is 19.9 Å². The summed E-state index contributed by atoms with van der Waals surface area (Å²) >= 11 is 3.40. The summed E-state index contributed by atoms with van der Waals surface area (Å²) in [6.45, 7) is 7.01. The number of nitrogens with zero attached hydrogens (tertiary/aromatic N) is 1. The maximum Gasteiger partial charge on any atom is 0.244 e. The highest BCUT2D eigenvalue weighted by Crippen LogP contribution is 2.29. The van der Waals surface area contributed by atoms with E-state index < -0.39 is 10.0 Å². The Morgan fingerprint density at radius 2 is 2.20 bits per heavy atom. The van der Waals surface area contributed by atoms with Crippen molar-refractivity contribution in [2.45, 2.75) is 31.7 Å². The third-order valence-corrected chi connectivity index (χ3v) is 6.42. The Morgan fingerprint density at radius 3 is 2.75 bits per heavy atom. The molecule has 1 saturated heterocycles. The minimum atomic E-state index is -3.37. The van der Waals surface area contributed by atoms with Crippen molar-refractivity contribution in [3.8, 4) is 0 Å². The van der Waals surface area contributed by atoms with Gasteiger partial charge in [0, 0.05) is 24.1 Å². The van der Waals surface area contributed by atoms with Crippen molar-refractivity contribution in [3.05, 3.63) is 28.2 Å². The van der Waals surface area contributed by atoms with Crippen LogP contribution in [-0.4, -0.2) is 32.4 Å². The van der Waals surface area contributed by atoms with Crippen molar-refractivity contribution in [1.29, 1.82) is 0 Å². The van der Waals surface area contributed by atoms with E-state index in [4.69, 9.17) is 0 Å². The van der Waals surface area contributed by atoms with Gasteiger partial charge in [0.2, 0.25) is 10.0 Å². The van der Waals surface area contributed by atoms with Crippen LogP contribution in [0.15, 0.2) is 27.6 Å². The molecular formula is C14H21BrN2O2S. The molecule has 1 unspecified atom stereocenters. The number of hydrogen-bond acceptors (Lipinski definition) is 3. The number of halogens is 1.